The van der Waals surface area contributed by atoms with E-state index < -0.39 is 12.0 Å². The molecule has 0 saturated heterocycles. The van der Waals surface area contributed by atoms with Crippen molar-refractivity contribution in [3.8, 4) is 5.75 Å². The molecule has 0 N–H and O–H groups in total. The van der Waals surface area contributed by atoms with Crippen molar-refractivity contribution in [2.75, 3.05) is 13.7 Å². The Kier molecular flexibility index (Phi) is 7.22. The lowest BCUT2D eigenvalue weighted by atomic mass is 10.0. The second-order valence-electron chi connectivity index (χ2n) is 6.84. The van der Waals surface area contributed by atoms with E-state index in [-0.39, 0.29) is 12.2 Å². The second kappa shape index (κ2) is 9.77. The maximum Gasteiger partial charge on any atom is 0.338 e. The Morgan fingerprint density at radius 2 is 2.03 bits per heavy atom. The summed E-state index contributed by atoms with van der Waals surface area (Å²) < 4.78 is 14.8. The van der Waals surface area contributed by atoms with Crippen molar-refractivity contribution in [2.45, 2.75) is 19.9 Å². The standard InChI is InChI=1S/C22H18I2N2O4S2/c1-4-30-21(28)17-11(2)25-22-26(18(17)15-6-5-7-31-15)20(27)16(32-22)10-12-8-13(23)19(29-3)14(24)9-12/h5-10,18H,4H2,1-3H3/b16-10-/t18-/m1/s1. The predicted molar refractivity (Wildman–Crippen MR) is 143 cm³/mol. The van der Waals surface area contributed by atoms with Gasteiger partial charge in [0.05, 0.1) is 36.7 Å². The van der Waals surface area contributed by atoms with Crippen LogP contribution in [0.1, 0.15) is 30.3 Å². The van der Waals surface area contributed by atoms with Crippen molar-refractivity contribution in [1.82, 2.24) is 4.57 Å². The van der Waals surface area contributed by atoms with E-state index in [2.05, 4.69) is 50.2 Å². The molecule has 1 aliphatic heterocycles. The molecule has 0 amide bonds. The van der Waals surface area contributed by atoms with Crippen LogP contribution in [0, 0.1) is 7.14 Å². The van der Waals surface area contributed by atoms with Gasteiger partial charge in [-0.3, -0.25) is 9.36 Å². The number of carbonyl (C=O) groups is 1. The lowest BCUT2D eigenvalue weighted by Gasteiger charge is -2.23. The van der Waals surface area contributed by atoms with Crippen molar-refractivity contribution < 1.29 is 14.3 Å². The monoisotopic (exact) mass is 692 g/mol. The number of nitrogens with zero attached hydrogens (tertiary/aromatic N) is 2. The average molecular weight is 692 g/mol. The molecule has 32 heavy (non-hydrogen) atoms. The Morgan fingerprint density at radius 1 is 1.31 bits per heavy atom. The normalized spacial score (nSPS) is 16.0. The highest BCUT2D eigenvalue weighted by atomic mass is 127. The number of carbonyl (C=O) groups excluding carboxylic acids is 1. The van der Waals surface area contributed by atoms with Crippen LogP contribution in [-0.2, 0) is 9.53 Å². The Hall–Kier alpha value is -1.51. The molecule has 6 nitrogen and oxygen atoms in total. The molecule has 0 fully saturated rings. The molecular weight excluding hydrogens is 674 g/mol. The van der Waals surface area contributed by atoms with Gasteiger partial charge in [0, 0.05) is 4.88 Å². The number of rotatable bonds is 5. The third-order valence-electron chi connectivity index (χ3n) is 4.85. The zero-order chi connectivity index (χ0) is 23.0. The summed E-state index contributed by atoms with van der Waals surface area (Å²) in [5.41, 5.74) is 1.70. The van der Waals surface area contributed by atoms with Gasteiger partial charge in [-0.2, -0.15) is 0 Å². The molecule has 1 atom stereocenters. The van der Waals surface area contributed by atoms with E-state index in [9.17, 15) is 9.59 Å². The molecular formula is C22H18I2N2O4S2. The van der Waals surface area contributed by atoms with Gasteiger partial charge in [0.25, 0.3) is 5.56 Å². The van der Waals surface area contributed by atoms with Crippen molar-refractivity contribution in [3.05, 3.63) is 78.2 Å². The highest BCUT2D eigenvalue weighted by Crippen LogP contribution is 2.33. The molecule has 0 spiro atoms. The fraction of sp³-hybridized carbons (Fsp3) is 0.227. The van der Waals surface area contributed by atoms with Gasteiger partial charge in [0.2, 0.25) is 0 Å². The minimum Gasteiger partial charge on any atom is -0.495 e. The lowest BCUT2D eigenvalue weighted by molar-refractivity contribution is -0.139. The molecule has 3 aromatic rings. The van der Waals surface area contributed by atoms with E-state index in [0.29, 0.717) is 20.6 Å². The first kappa shape index (κ1) is 23.6. The maximum absolute atomic E-state index is 13.5. The number of ether oxygens (including phenoxy) is 2. The van der Waals surface area contributed by atoms with Gasteiger partial charge >= 0.3 is 5.97 Å². The molecule has 166 valence electrons. The van der Waals surface area contributed by atoms with Crippen LogP contribution in [-0.4, -0.2) is 24.3 Å². The van der Waals surface area contributed by atoms with Crippen molar-refractivity contribution in [1.29, 1.82) is 0 Å². The van der Waals surface area contributed by atoms with Crippen molar-refractivity contribution in [2.24, 2.45) is 4.99 Å². The number of thiophene rings is 1. The Morgan fingerprint density at radius 3 is 2.62 bits per heavy atom. The van der Waals surface area contributed by atoms with E-state index in [1.807, 2.05) is 35.7 Å². The number of hydrogen-bond acceptors (Lipinski definition) is 7. The van der Waals surface area contributed by atoms with E-state index in [1.165, 1.54) is 22.7 Å². The summed E-state index contributed by atoms with van der Waals surface area (Å²) in [6.45, 7) is 3.81. The largest absolute Gasteiger partial charge is 0.495 e. The molecule has 1 aromatic carbocycles. The minimum absolute atomic E-state index is 0.178. The first-order valence-corrected chi connectivity index (χ1v) is 13.5. The molecule has 3 heterocycles. The molecule has 4 rings (SSSR count). The van der Waals surface area contributed by atoms with E-state index in [1.54, 1.807) is 25.5 Å². The highest BCUT2D eigenvalue weighted by Gasteiger charge is 2.33. The van der Waals surface area contributed by atoms with Crippen molar-refractivity contribution >= 4 is 79.9 Å². The van der Waals surface area contributed by atoms with Crippen LogP contribution in [0.25, 0.3) is 6.08 Å². The molecule has 2 aromatic heterocycles. The lowest BCUT2D eigenvalue weighted by Crippen LogP contribution is -2.39. The van der Waals surface area contributed by atoms with Gasteiger partial charge in [-0.25, -0.2) is 9.79 Å². The molecule has 1 aliphatic rings. The minimum atomic E-state index is -0.552. The molecule has 0 aliphatic carbocycles. The summed E-state index contributed by atoms with van der Waals surface area (Å²) in [4.78, 5) is 32.4. The van der Waals surface area contributed by atoms with Gasteiger partial charge in [-0.05, 0) is 94.2 Å². The number of methoxy groups -OCH3 is 1. The van der Waals surface area contributed by atoms with Gasteiger partial charge < -0.3 is 9.47 Å². The molecule has 0 bridgehead atoms. The third kappa shape index (κ3) is 4.33. The summed E-state index contributed by atoms with van der Waals surface area (Å²) in [5.74, 6) is 0.373. The zero-order valence-corrected chi connectivity index (χ0v) is 23.3. The summed E-state index contributed by atoms with van der Waals surface area (Å²) in [7, 11) is 1.64. The van der Waals surface area contributed by atoms with Crippen LogP contribution >= 0.6 is 67.9 Å². The number of allylic oxidation sites excluding steroid dienone is 1. The van der Waals surface area contributed by atoms with Crippen LogP contribution in [0.3, 0.4) is 0 Å². The van der Waals surface area contributed by atoms with Crippen LogP contribution in [0.2, 0.25) is 0 Å². The molecule has 0 saturated carbocycles. The predicted octanol–water partition coefficient (Wildman–Crippen LogP) is 4.08. The number of aromatic nitrogens is 1. The van der Waals surface area contributed by atoms with Crippen LogP contribution < -0.4 is 19.6 Å². The first-order chi connectivity index (χ1) is 15.3. The molecule has 10 heteroatoms. The number of benzene rings is 1. The van der Waals surface area contributed by atoms with Crippen molar-refractivity contribution in [3.63, 3.8) is 0 Å². The van der Waals surface area contributed by atoms with E-state index in [0.717, 1.165) is 23.3 Å². The van der Waals surface area contributed by atoms with Gasteiger partial charge in [0.1, 0.15) is 11.8 Å². The topological polar surface area (TPSA) is 69.9 Å². The quantitative estimate of drug-likeness (QED) is 0.299. The number of fused-ring (bicyclic) bond motifs is 1. The first-order valence-electron chi connectivity index (χ1n) is 9.61. The van der Waals surface area contributed by atoms with Gasteiger partial charge in [-0.15, -0.1) is 11.3 Å². The van der Waals surface area contributed by atoms with Gasteiger partial charge in [0.15, 0.2) is 4.80 Å². The Balaban J connectivity index is 1.92. The summed E-state index contributed by atoms with van der Waals surface area (Å²) in [5, 5.41) is 1.94. The van der Waals surface area contributed by atoms with E-state index >= 15 is 0 Å². The SMILES string of the molecule is CCOC(=O)C1=C(C)N=c2s/c(=C\c3cc(I)c(OC)c(I)c3)c(=O)n2[C@@H]1c1cccs1. The molecule has 0 unspecified atom stereocenters. The fourth-order valence-corrected chi connectivity index (χ4v) is 7.64. The summed E-state index contributed by atoms with van der Waals surface area (Å²) >= 11 is 7.27. The smallest absolute Gasteiger partial charge is 0.338 e. The fourth-order valence-electron chi connectivity index (χ4n) is 3.52. The average Bonchev–Trinajstić information content (AvgIpc) is 3.36. The number of halogens is 2. The highest BCUT2D eigenvalue weighted by molar-refractivity contribution is 14.1. The zero-order valence-electron chi connectivity index (χ0n) is 17.3. The van der Waals surface area contributed by atoms with E-state index in [4.69, 9.17) is 9.47 Å². The number of hydrogen-bond donors (Lipinski definition) is 0. The third-order valence-corrected chi connectivity index (χ3v) is 8.36. The second-order valence-corrected chi connectivity index (χ2v) is 11.1. The van der Waals surface area contributed by atoms with Crippen LogP contribution in [0.4, 0.5) is 0 Å². The molecule has 0 radical (unpaired) electrons. The van der Waals surface area contributed by atoms with Crippen LogP contribution in [0.5, 0.6) is 5.75 Å². The Labute approximate surface area is 219 Å². The summed E-state index contributed by atoms with van der Waals surface area (Å²) in [6.07, 6.45) is 1.86. The Bertz CT molecular complexity index is 1380. The number of thiazole rings is 1. The summed E-state index contributed by atoms with van der Waals surface area (Å²) in [6, 6.07) is 7.24. The van der Waals surface area contributed by atoms with Gasteiger partial charge in [-0.1, -0.05) is 17.4 Å². The van der Waals surface area contributed by atoms with Crippen LogP contribution in [0.15, 0.2) is 50.7 Å². The maximum atomic E-state index is 13.5. The number of esters is 1.